The summed E-state index contributed by atoms with van der Waals surface area (Å²) in [7, 11) is -3.36. The summed E-state index contributed by atoms with van der Waals surface area (Å²) in [6.07, 6.45) is 0.468. The number of hydrogen-bond acceptors (Lipinski definition) is 4. The molecule has 3 N–H and O–H groups in total. The third-order valence-corrected chi connectivity index (χ3v) is 3.63. The minimum Gasteiger partial charge on any atom is -0.370 e. The molecule has 7 heteroatoms. The molecule has 1 rings (SSSR count). The molecule has 0 atom stereocenters. The first kappa shape index (κ1) is 13.4. The molecule has 90 valence electrons. The van der Waals surface area contributed by atoms with Gasteiger partial charge in [0.2, 0.25) is 10.0 Å². The van der Waals surface area contributed by atoms with Crippen molar-refractivity contribution in [2.24, 2.45) is 5.14 Å². The second kappa shape index (κ2) is 5.60. The van der Waals surface area contributed by atoms with Crippen LogP contribution in [-0.4, -0.2) is 25.7 Å². The first-order valence-corrected chi connectivity index (χ1v) is 7.27. The Morgan fingerprint density at radius 1 is 1.50 bits per heavy atom. The molecule has 0 aliphatic rings. The summed E-state index contributed by atoms with van der Waals surface area (Å²) in [6.45, 7) is 2.42. The summed E-state index contributed by atoms with van der Waals surface area (Å²) in [6, 6.07) is 3.72. The predicted octanol–water partition coefficient (Wildman–Crippen LogP) is 1.24. The van der Waals surface area contributed by atoms with E-state index in [1.54, 1.807) is 0 Å². The van der Waals surface area contributed by atoms with E-state index in [-0.39, 0.29) is 5.75 Å². The van der Waals surface area contributed by atoms with Crippen LogP contribution in [-0.2, 0) is 10.0 Å². The van der Waals surface area contributed by atoms with Crippen molar-refractivity contribution in [1.29, 1.82) is 0 Å². The van der Waals surface area contributed by atoms with Crippen molar-refractivity contribution in [3.05, 3.63) is 22.3 Å². The molecular formula is C9H14BrN3O2S. The van der Waals surface area contributed by atoms with Gasteiger partial charge in [0.1, 0.15) is 5.82 Å². The van der Waals surface area contributed by atoms with Gasteiger partial charge in [0.05, 0.1) is 11.4 Å². The zero-order valence-electron chi connectivity index (χ0n) is 8.90. The van der Waals surface area contributed by atoms with Gasteiger partial charge in [-0.25, -0.2) is 18.5 Å². The van der Waals surface area contributed by atoms with E-state index in [0.717, 1.165) is 16.0 Å². The van der Waals surface area contributed by atoms with E-state index in [9.17, 15) is 8.42 Å². The first-order valence-electron chi connectivity index (χ1n) is 4.76. The normalized spacial score (nSPS) is 11.4. The molecule has 0 amide bonds. The number of nitrogens with one attached hydrogen (secondary N) is 1. The number of aryl methyl sites for hydroxylation is 1. The quantitative estimate of drug-likeness (QED) is 0.802. The number of nitrogens with zero attached hydrogens (tertiary/aromatic N) is 1. The molecule has 0 bridgehead atoms. The van der Waals surface area contributed by atoms with E-state index < -0.39 is 10.0 Å². The van der Waals surface area contributed by atoms with Crippen molar-refractivity contribution in [3.63, 3.8) is 0 Å². The third-order valence-electron chi connectivity index (χ3n) is 1.93. The van der Waals surface area contributed by atoms with Gasteiger partial charge < -0.3 is 5.32 Å². The van der Waals surface area contributed by atoms with Gasteiger partial charge in [-0.3, -0.25) is 0 Å². The average Bonchev–Trinajstić information content (AvgIpc) is 2.17. The average molecular weight is 308 g/mol. The van der Waals surface area contributed by atoms with Crippen LogP contribution in [0.2, 0.25) is 0 Å². The molecular weight excluding hydrogens is 294 g/mol. The van der Waals surface area contributed by atoms with Crippen molar-refractivity contribution in [3.8, 4) is 0 Å². The molecule has 16 heavy (non-hydrogen) atoms. The smallest absolute Gasteiger partial charge is 0.209 e. The van der Waals surface area contributed by atoms with Crippen LogP contribution in [0.1, 0.15) is 12.1 Å². The molecule has 5 nitrogen and oxygen atoms in total. The summed E-state index contributed by atoms with van der Waals surface area (Å²) in [5.74, 6) is 0.713. The highest BCUT2D eigenvalue weighted by Gasteiger charge is 2.02. The number of pyridine rings is 1. The van der Waals surface area contributed by atoms with Gasteiger partial charge in [0.15, 0.2) is 0 Å². The Bertz CT molecular complexity index is 462. The van der Waals surface area contributed by atoms with Crippen molar-refractivity contribution >= 4 is 31.8 Å². The fourth-order valence-electron chi connectivity index (χ4n) is 1.13. The number of primary sulfonamides is 1. The van der Waals surface area contributed by atoms with Crippen molar-refractivity contribution in [2.45, 2.75) is 13.3 Å². The van der Waals surface area contributed by atoms with Gasteiger partial charge in [0.25, 0.3) is 0 Å². The Hall–Kier alpha value is -0.660. The minimum absolute atomic E-state index is 0.0183. The summed E-state index contributed by atoms with van der Waals surface area (Å²) in [4.78, 5) is 4.27. The van der Waals surface area contributed by atoms with Crippen LogP contribution in [0.25, 0.3) is 0 Å². The van der Waals surface area contributed by atoms with E-state index in [2.05, 4.69) is 26.2 Å². The monoisotopic (exact) mass is 307 g/mol. The lowest BCUT2D eigenvalue weighted by molar-refractivity contribution is 0.595. The van der Waals surface area contributed by atoms with Gasteiger partial charge in [-0.1, -0.05) is 0 Å². The van der Waals surface area contributed by atoms with Crippen LogP contribution in [0.5, 0.6) is 0 Å². The standard InChI is InChI=1S/C9H14BrN3O2S/c1-7-8(10)3-4-9(13-7)12-5-2-6-16(11,14)15/h3-4H,2,5-6H2,1H3,(H,12,13)(H2,11,14,15). The lowest BCUT2D eigenvalue weighted by Gasteiger charge is -2.06. The van der Waals surface area contributed by atoms with Crippen molar-refractivity contribution in [2.75, 3.05) is 17.6 Å². The number of hydrogen-bond donors (Lipinski definition) is 2. The van der Waals surface area contributed by atoms with Gasteiger partial charge in [0, 0.05) is 11.0 Å². The largest absolute Gasteiger partial charge is 0.370 e. The molecule has 0 spiro atoms. The summed E-state index contributed by atoms with van der Waals surface area (Å²) in [5, 5.41) is 7.91. The van der Waals surface area contributed by atoms with Crippen molar-refractivity contribution in [1.82, 2.24) is 4.98 Å². The lowest BCUT2D eigenvalue weighted by Crippen LogP contribution is -2.18. The molecule has 0 radical (unpaired) electrons. The van der Waals surface area contributed by atoms with E-state index >= 15 is 0 Å². The highest BCUT2D eigenvalue weighted by atomic mass is 79.9. The highest BCUT2D eigenvalue weighted by Crippen LogP contribution is 2.15. The Morgan fingerprint density at radius 3 is 2.75 bits per heavy atom. The molecule has 0 fully saturated rings. The SMILES string of the molecule is Cc1nc(NCCCS(N)(=O)=O)ccc1Br. The number of halogens is 1. The highest BCUT2D eigenvalue weighted by molar-refractivity contribution is 9.10. The van der Waals surface area contributed by atoms with Crippen molar-refractivity contribution < 1.29 is 8.42 Å². The summed E-state index contributed by atoms with van der Waals surface area (Å²) in [5.41, 5.74) is 0.886. The van der Waals surface area contributed by atoms with Gasteiger partial charge in [-0.05, 0) is 41.4 Å². The van der Waals surface area contributed by atoms with E-state index in [1.807, 2.05) is 19.1 Å². The number of nitrogens with two attached hydrogens (primary N) is 1. The molecule has 0 saturated heterocycles. The van der Waals surface area contributed by atoms with Gasteiger partial charge in [-0.15, -0.1) is 0 Å². The number of anilines is 1. The first-order chi connectivity index (χ1) is 7.38. The van der Waals surface area contributed by atoms with E-state index in [1.165, 1.54) is 0 Å². The topological polar surface area (TPSA) is 85.1 Å². The van der Waals surface area contributed by atoms with Crippen LogP contribution in [0, 0.1) is 6.92 Å². The summed E-state index contributed by atoms with van der Waals surface area (Å²) < 4.78 is 22.3. The summed E-state index contributed by atoms with van der Waals surface area (Å²) >= 11 is 3.35. The zero-order valence-corrected chi connectivity index (χ0v) is 11.3. The Kier molecular flexibility index (Phi) is 4.69. The maximum Gasteiger partial charge on any atom is 0.209 e. The van der Waals surface area contributed by atoms with Gasteiger partial charge >= 0.3 is 0 Å². The number of rotatable bonds is 5. The van der Waals surface area contributed by atoms with Crippen LogP contribution in [0.3, 0.4) is 0 Å². The zero-order chi connectivity index (χ0) is 12.2. The molecule has 0 aromatic carbocycles. The van der Waals surface area contributed by atoms with Crippen LogP contribution < -0.4 is 10.5 Å². The number of sulfonamides is 1. The molecule has 1 heterocycles. The Labute approximate surface area is 104 Å². The third kappa shape index (κ3) is 4.91. The fraction of sp³-hybridized carbons (Fsp3) is 0.444. The lowest BCUT2D eigenvalue weighted by atomic mass is 10.3. The predicted molar refractivity (Wildman–Crippen MR) is 67.8 cm³/mol. The minimum atomic E-state index is -3.36. The number of aromatic nitrogens is 1. The molecule has 0 unspecified atom stereocenters. The fourth-order valence-corrected chi connectivity index (χ4v) is 1.90. The van der Waals surface area contributed by atoms with E-state index in [4.69, 9.17) is 5.14 Å². The Morgan fingerprint density at radius 2 is 2.19 bits per heavy atom. The van der Waals surface area contributed by atoms with Crippen LogP contribution in [0.4, 0.5) is 5.82 Å². The molecule has 1 aromatic rings. The molecule has 0 saturated carbocycles. The second-order valence-electron chi connectivity index (χ2n) is 3.41. The second-order valence-corrected chi connectivity index (χ2v) is 6.00. The maximum absolute atomic E-state index is 10.7. The Balaban J connectivity index is 2.41. The maximum atomic E-state index is 10.7. The van der Waals surface area contributed by atoms with E-state index in [0.29, 0.717) is 13.0 Å². The molecule has 1 aromatic heterocycles. The van der Waals surface area contributed by atoms with Gasteiger partial charge in [-0.2, -0.15) is 0 Å². The molecule has 0 aliphatic heterocycles. The van der Waals surface area contributed by atoms with Crippen LogP contribution in [0.15, 0.2) is 16.6 Å². The van der Waals surface area contributed by atoms with Crippen LogP contribution >= 0.6 is 15.9 Å². The molecule has 0 aliphatic carbocycles.